The van der Waals surface area contributed by atoms with Crippen LogP contribution in [0.5, 0.6) is 0 Å². The number of aromatic nitrogens is 2. The molecule has 2 atom stereocenters. The standard InChI is InChI=1S/C28H33ClF2N6O2/c1-3-25(38)37-12-4-5-24(37)27(39)35(2)19-10-13-36(14-11-19)28-33-22-9-7-18(30)16-20(22)26(34-28)32-23-8-6-17(29)15-21(23)31/h6-9,15-16,19,24-25,38H,3-5,10-14H2,1-2H3,(H,32,33,34). The average molecular weight is 559 g/mol. The van der Waals surface area contributed by atoms with Crippen LogP contribution in [0.25, 0.3) is 10.9 Å². The van der Waals surface area contributed by atoms with E-state index in [0.717, 1.165) is 32.2 Å². The molecule has 5 rings (SSSR count). The number of amides is 1. The number of hydrogen-bond donors (Lipinski definition) is 2. The van der Waals surface area contributed by atoms with E-state index in [4.69, 9.17) is 11.6 Å². The number of rotatable bonds is 7. The van der Waals surface area contributed by atoms with Gasteiger partial charge in [0.05, 0.1) is 17.2 Å². The number of likely N-dealkylation sites (tertiary alicyclic amines) is 1. The largest absolute Gasteiger partial charge is 0.378 e. The highest BCUT2D eigenvalue weighted by atomic mass is 35.5. The summed E-state index contributed by atoms with van der Waals surface area (Å²) in [5.41, 5.74) is 0.700. The van der Waals surface area contributed by atoms with Crippen LogP contribution in [0.1, 0.15) is 39.0 Å². The van der Waals surface area contributed by atoms with Gasteiger partial charge in [-0.15, -0.1) is 0 Å². The maximum Gasteiger partial charge on any atom is 0.239 e. The van der Waals surface area contributed by atoms with Gasteiger partial charge in [-0.05, 0) is 68.5 Å². The maximum absolute atomic E-state index is 14.5. The third-order valence-corrected chi connectivity index (χ3v) is 8.04. The van der Waals surface area contributed by atoms with E-state index in [1.165, 1.54) is 24.3 Å². The van der Waals surface area contributed by atoms with E-state index < -0.39 is 17.9 Å². The van der Waals surface area contributed by atoms with Crippen molar-refractivity contribution in [2.24, 2.45) is 0 Å². The Hall–Kier alpha value is -3.08. The molecule has 0 aliphatic carbocycles. The molecular weight excluding hydrogens is 526 g/mol. The van der Waals surface area contributed by atoms with Gasteiger partial charge >= 0.3 is 0 Å². The zero-order valence-corrected chi connectivity index (χ0v) is 22.8. The number of aliphatic hydroxyl groups is 1. The summed E-state index contributed by atoms with van der Waals surface area (Å²) in [5.74, 6) is -0.196. The van der Waals surface area contributed by atoms with E-state index in [0.29, 0.717) is 42.2 Å². The van der Waals surface area contributed by atoms with Crippen LogP contribution in [0.15, 0.2) is 36.4 Å². The lowest BCUT2D eigenvalue weighted by Crippen LogP contribution is -2.53. The van der Waals surface area contributed by atoms with E-state index in [9.17, 15) is 18.7 Å². The van der Waals surface area contributed by atoms with Crippen molar-refractivity contribution in [2.45, 2.75) is 57.3 Å². The number of benzene rings is 2. The fourth-order valence-electron chi connectivity index (χ4n) is 5.56. The first kappa shape index (κ1) is 27.5. The topological polar surface area (TPSA) is 84.8 Å². The Labute approximate surface area is 231 Å². The number of halogens is 3. The lowest BCUT2D eigenvalue weighted by molar-refractivity contribution is -0.141. The molecule has 1 aromatic heterocycles. The van der Waals surface area contributed by atoms with Crippen molar-refractivity contribution in [2.75, 3.05) is 36.9 Å². The maximum atomic E-state index is 14.5. The van der Waals surface area contributed by atoms with Crippen molar-refractivity contribution in [3.63, 3.8) is 0 Å². The van der Waals surface area contributed by atoms with Gasteiger partial charge < -0.3 is 20.2 Å². The van der Waals surface area contributed by atoms with Crippen molar-refractivity contribution >= 4 is 45.9 Å². The molecule has 0 saturated carbocycles. The van der Waals surface area contributed by atoms with Crippen LogP contribution in [-0.4, -0.2) is 75.8 Å². The highest BCUT2D eigenvalue weighted by Gasteiger charge is 2.38. The zero-order valence-electron chi connectivity index (χ0n) is 22.1. The van der Waals surface area contributed by atoms with Crippen LogP contribution in [0, 0.1) is 11.6 Å². The molecule has 3 heterocycles. The summed E-state index contributed by atoms with van der Waals surface area (Å²) in [7, 11) is 1.85. The fourth-order valence-corrected chi connectivity index (χ4v) is 5.72. The van der Waals surface area contributed by atoms with Crippen molar-refractivity contribution < 1.29 is 18.7 Å². The molecule has 2 saturated heterocycles. The summed E-state index contributed by atoms with van der Waals surface area (Å²) >= 11 is 5.89. The summed E-state index contributed by atoms with van der Waals surface area (Å²) in [5, 5.41) is 14.0. The molecule has 2 aromatic carbocycles. The first-order valence-electron chi connectivity index (χ1n) is 13.4. The average Bonchev–Trinajstić information content (AvgIpc) is 3.43. The lowest BCUT2D eigenvalue weighted by atomic mass is 10.0. The van der Waals surface area contributed by atoms with Gasteiger partial charge in [0, 0.05) is 43.1 Å². The van der Waals surface area contributed by atoms with Gasteiger partial charge in [0.1, 0.15) is 23.7 Å². The Kier molecular flexibility index (Phi) is 8.16. The highest BCUT2D eigenvalue weighted by Crippen LogP contribution is 2.31. The van der Waals surface area contributed by atoms with Gasteiger partial charge in [0.25, 0.3) is 0 Å². The molecule has 2 unspecified atom stereocenters. The number of hydrogen-bond acceptors (Lipinski definition) is 7. The Morgan fingerprint density at radius 3 is 2.64 bits per heavy atom. The number of carbonyl (C=O) groups excluding carboxylic acids is 1. The van der Waals surface area contributed by atoms with Crippen LogP contribution < -0.4 is 10.2 Å². The predicted octanol–water partition coefficient (Wildman–Crippen LogP) is 4.93. The molecule has 2 aliphatic heterocycles. The normalized spacial score (nSPS) is 19.4. The first-order valence-corrected chi connectivity index (χ1v) is 13.8. The number of carbonyl (C=O) groups is 1. The summed E-state index contributed by atoms with van der Waals surface area (Å²) in [6.45, 7) is 3.89. The predicted molar refractivity (Wildman–Crippen MR) is 148 cm³/mol. The van der Waals surface area contributed by atoms with E-state index in [1.807, 2.05) is 28.7 Å². The molecule has 11 heteroatoms. The van der Waals surface area contributed by atoms with E-state index >= 15 is 0 Å². The first-order chi connectivity index (χ1) is 18.7. The van der Waals surface area contributed by atoms with E-state index in [2.05, 4.69) is 15.3 Å². The van der Waals surface area contributed by atoms with Gasteiger partial charge in [0.15, 0.2) is 0 Å². The van der Waals surface area contributed by atoms with Crippen LogP contribution in [0.4, 0.5) is 26.2 Å². The van der Waals surface area contributed by atoms with Gasteiger partial charge in [-0.2, -0.15) is 4.98 Å². The molecule has 2 N–H and O–H groups in total. The third-order valence-electron chi connectivity index (χ3n) is 7.80. The second-order valence-corrected chi connectivity index (χ2v) is 10.7. The van der Waals surface area contributed by atoms with Gasteiger partial charge in [0.2, 0.25) is 11.9 Å². The van der Waals surface area contributed by atoms with Crippen molar-refractivity contribution in [1.82, 2.24) is 19.8 Å². The van der Waals surface area contributed by atoms with Gasteiger partial charge in [-0.1, -0.05) is 18.5 Å². The third kappa shape index (κ3) is 5.78. The Bertz CT molecular complexity index is 1350. The number of anilines is 3. The molecule has 0 bridgehead atoms. The zero-order chi connectivity index (χ0) is 27.7. The van der Waals surface area contributed by atoms with Crippen LogP contribution in [0.2, 0.25) is 5.02 Å². The summed E-state index contributed by atoms with van der Waals surface area (Å²) in [6, 6.07) is 8.29. The summed E-state index contributed by atoms with van der Waals surface area (Å²) < 4.78 is 28.6. The minimum atomic E-state index is -0.598. The van der Waals surface area contributed by atoms with Crippen molar-refractivity contribution in [3.8, 4) is 0 Å². The molecule has 3 aromatic rings. The van der Waals surface area contributed by atoms with Crippen LogP contribution in [-0.2, 0) is 4.79 Å². The molecular formula is C28H33ClF2N6O2. The Balaban J connectivity index is 1.32. The number of nitrogens with zero attached hydrogens (tertiary/aromatic N) is 5. The number of aliphatic hydroxyl groups excluding tert-OH is 1. The second kappa shape index (κ2) is 11.6. The molecule has 2 fully saturated rings. The molecule has 1 amide bonds. The molecule has 8 nitrogen and oxygen atoms in total. The van der Waals surface area contributed by atoms with Gasteiger partial charge in [-0.25, -0.2) is 13.8 Å². The van der Waals surface area contributed by atoms with Gasteiger partial charge in [-0.3, -0.25) is 9.69 Å². The monoisotopic (exact) mass is 558 g/mol. The Morgan fingerprint density at radius 1 is 1.15 bits per heavy atom. The quantitative estimate of drug-likeness (QED) is 0.425. The minimum absolute atomic E-state index is 0.0545. The number of fused-ring (bicyclic) bond motifs is 1. The van der Waals surface area contributed by atoms with E-state index in [-0.39, 0.29) is 28.7 Å². The molecule has 0 spiro atoms. The summed E-state index contributed by atoms with van der Waals surface area (Å²) in [6.07, 6.45) is 3.11. The molecule has 208 valence electrons. The fraction of sp³-hybridized carbons (Fsp3) is 0.464. The SMILES string of the molecule is CCC(O)N1CCCC1C(=O)N(C)C1CCN(c2nc(Nc3ccc(Cl)cc3F)c3cc(F)ccc3n2)CC1. The second-order valence-electron chi connectivity index (χ2n) is 10.2. The Morgan fingerprint density at radius 2 is 1.92 bits per heavy atom. The van der Waals surface area contributed by atoms with Crippen LogP contribution >= 0.6 is 11.6 Å². The molecule has 2 aliphatic rings. The molecule has 0 radical (unpaired) electrons. The van der Waals surface area contributed by atoms with E-state index in [1.54, 1.807) is 12.1 Å². The lowest BCUT2D eigenvalue weighted by Gasteiger charge is -2.39. The number of nitrogens with one attached hydrogen (secondary N) is 1. The number of piperidine rings is 1. The minimum Gasteiger partial charge on any atom is -0.378 e. The van der Waals surface area contributed by atoms with Crippen LogP contribution in [0.3, 0.4) is 0 Å². The summed E-state index contributed by atoms with van der Waals surface area (Å²) in [4.78, 5) is 28.4. The molecule has 39 heavy (non-hydrogen) atoms. The van der Waals surface area contributed by atoms with Crippen molar-refractivity contribution in [3.05, 3.63) is 53.1 Å². The number of likely N-dealkylation sites (N-methyl/N-ethyl adjacent to an activating group) is 1. The smallest absolute Gasteiger partial charge is 0.239 e. The van der Waals surface area contributed by atoms with Crippen molar-refractivity contribution in [1.29, 1.82) is 0 Å². The highest BCUT2D eigenvalue weighted by molar-refractivity contribution is 6.30.